The summed E-state index contributed by atoms with van der Waals surface area (Å²) in [6.45, 7) is 1.08. The summed E-state index contributed by atoms with van der Waals surface area (Å²) in [4.78, 5) is 24.7. The summed E-state index contributed by atoms with van der Waals surface area (Å²) >= 11 is 0. The highest BCUT2D eigenvalue weighted by Gasteiger charge is 2.23. The Kier molecular flexibility index (Phi) is 5.05. The topological polar surface area (TPSA) is 69.6 Å². The molecule has 1 aliphatic heterocycles. The third kappa shape index (κ3) is 4.13. The number of nitrogens with one attached hydrogen (secondary N) is 1. The van der Waals surface area contributed by atoms with Crippen LogP contribution in [0, 0.1) is 5.82 Å². The Morgan fingerprint density at radius 3 is 2.67 bits per heavy atom. The highest BCUT2D eigenvalue weighted by atomic mass is 19.1. The summed E-state index contributed by atoms with van der Waals surface area (Å²) in [7, 11) is 0. The molecule has 0 bridgehead atoms. The van der Waals surface area contributed by atoms with Crippen molar-refractivity contribution in [3.05, 3.63) is 47.3 Å². The third-order valence-corrected chi connectivity index (χ3v) is 3.45. The molecule has 2 amide bonds. The van der Waals surface area contributed by atoms with Crippen molar-refractivity contribution in [3.8, 4) is 0 Å². The molecular formula is C15H17FN2O3. The van der Waals surface area contributed by atoms with Gasteiger partial charge in [-0.3, -0.25) is 14.8 Å². The molecule has 2 rings (SSSR count). The Bertz CT molecular complexity index is 555. The lowest BCUT2D eigenvalue weighted by atomic mass is 10.1. The highest BCUT2D eigenvalue weighted by Crippen LogP contribution is 2.17. The van der Waals surface area contributed by atoms with E-state index in [9.17, 15) is 14.0 Å². The molecule has 1 aromatic rings. The van der Waals surface area contributed by atoms with Crippen molar-refractivity contribution in [3.63, 3.8) is 0 Å². The van der Waals surface area contributed by atoms with Crippen LogP contribution in [0.5, 0.6) is 0 Å². The minimum absolute atomic E-state index is 0.0807. The second-order valence-electron chi connectivity index (χ2n) is 4.89. The SMILES string of the molecule is O=C(CCC1=CCN(CCc2ccc(F)cc2)C1=O)NO. The van der Waals surface area contributed by atoms with Crippen LogP contribution < -0.4 is 5.48 Å². The van der Waals surface area contributed by atoms with Gasteiger partial charge in [0.05, 0.1) is 0 Å². The Labute approximate surface area is 122 Å². The summed E-state index contributed by atoms with van der Waals surface area (Å²) in [5.41, 5.74) is 3.11. The van der Waals surface area contributed by atoms with E-state index < -0.39 is 5.91 Å². The molecule has 0 saturated heterocycles. The molecule has 0 spiro atoms. The fourth-order valence-corrected chi connectivity index (χ4v) is 2.21. The smallest absolute Gasteiger partial charge is 0.249 e. The maximum absolute atomic E-state index is 12.8. The fourth-order valence-electron chi connectivity index (χ4n) is 2.21. The number of nitrogens with zero attached hydrogens (tertiary/aromatic N) is 1. The van der Waals surface area contributed by atoms with Gasteiger partial charge >= 0.3 is 0 Å². The number of carbonyl (C=O) groups excluding carboxylic acids is 2. The lowest BCUT2D eigenvalue weighted by Gasteiger charge is -2.16. The van der Waals surface area contributed by atoms with Crippen LogP contribution in [0.2, 0.25) is 0 Å². The summed E-state index contributed by atoms with van der Waals surface area (Å²) < 4.78 is 12.8. The Balaban J connectivity index is 1.80. The van der Waals surface area contributed by atoms with E-state index in [1.807, 2.05) is 0 Å². The molecule has 1 aliphatic rings. The van der Waals surface area contributed by atoms with Crippen LogP contribution in [0.15, 0.2) is 35.9 Å². The van der Waals surface area contributed by atoms with E-state index in [0.717, 1.165) is 5.56 Å². The van der Waals surface area contributed by atoms with Crippen molar-refractivity contribution in [2.75, 3.05) is 13.1 Å². The molecule has 0 unspecified atom stereocenters. The summed E-state index contributed by atoms with van der Waals surface area (Å²) in [6, 6.07) is 6.21. The van der Waals surface area contributed by atoms with Crippen molar-refractivity contribution >= 4 is 11.8 Å². The summed E-state index contributed by atoms with van der Waals surface area (Å²) in [6.07, 6.45) is 2.86. The van der Waals surface area contributed by atoms with Gasteiger partial charge in [0.25, 0.3) is 0 Å². The van der Waals surface area contributed by atoms with E-state index in [1.165, 1.54) is 12.1 Å². The van der Waals surface area contributed by atoms with Gasteiger partial charge in [-0.25, -0.2) is 9.87 Å². The molecular weight excluding hydrogens is 275 g/mol. The molecule has 0 radical (unpaired) electrons. The minimum Gasteiger partial charge on any atom is -0.335 e. The first kappa shape index (κ1) is 15.2. The first-order valence-corrected chi connectivity index (χ1v) is 6.76. The van der Waals surface area contributed by atoms with Crippen LogP contribution in [-0.2, 0) is 16.0 Å². The van der Waals surface area contributed by atoms with E-state index in [0.29, 0.717) is 31.5 Å². The molecule has 0 aliphatic carbocycles. The predicted molar refractivity (Wildman–Crippen MR) is 73.9 cm³/mol. The van der Waals surface area contributed by atoms with Crippen LogP contribution in [0.1, 0.15) is 18.4 Å². The number of carbonyl (C=O) groups is 2. The minimum atomic E-state index is -0.506. The molecule has 0 atom stereocenters. The number of hydrogen-bond donors (Lipinski definition) is 2. The third-order valence-electron chi connectivity index (χ3n) is 3.45. The maximum Gasteiger partial charge on any atom is 0.249 e. The first-order valence-electron chi connectivity index (χ1n) is 6.76. The van der Waals surface area contributed by atoms with Gasteiger partial charge in [0, 0.05) is 25.1 Å². The standard InChI is InChI=1S/C15H17FN2O3/c16-13-4-1-11(2-5-13)7-9-18-10-8-12(15(18)20)3-6-14(19)17-21/h1-2,4-5,8,21H,3,6-7,9-10H2,(H,17,19). The zero-order valence-corrected chi connectivity index (χ0v) is 11.5. The van der Waals surface area contributed by atoms with Gasteiger partial charge in [0.15, 0.2) is 0 Å². The van der Waals surface area contributed by atoms with Crippen LogP contribution in [0.4, 0.5) is 4.39 Å². The van der Waals surface area contributed by atoms with Gasteiger partial charge in [-0.15, -0.1) is 0 Å². The lowest BCUT2D eigenvalue weighted by Crippen LogP contribution is -2.29. The Morgan fingerprint density at radius 1 is 1.29 bits per heavy atom. The predicted octanol–water partition coefficient (Wildman–Crippen LogP) is 1.42. The number of halogens is 1. The quantitative estimate of drug-likeness (QED) is 0.615. The largest absolute Gasteiger partial charge is 0.335 e. The monoisotopic (exact) mass is 292 g/mol. The highest BCUT2D eigenvalue weighted by molar-refractivity contribution is 5.96. The second-order valence-corrected chi connectivity index (χ2v) is 4.89. The van der Waals surface area contributed by atoms with Crippen molar-refractivity contribution in [1.82, 2.24) is 10.4 Å². The number of amides is 2. The summed E-state index contributed by atoms with van der Waals surface area (Å²) in [5, 5.41) is 8.42. The zero-order chi connectivity index (χ0) is 15.2. The lowest BCUT2D eigenvalue weighted by molar-refractivity contribution is -0.129. The molecule has 1 heterocycles. The molecule has 0 fully saturated rings. The maximum atomic E-state index is 12.8. The van der Waals surface area contributed by atoms with Gasteiger partial charge in [0.2, 0.25) is 11.8 Å². The van der Waals surface area contributed by atoms with Crippen LogP contribution >= 0.6 is 0 Å². The Morgan fingerprint density at radius 2 is 2.00 bits per heavy atom. The van der Waals surface area contributed by atoms with E-state index in [2.05, 4.69) is 0 Å². The van der Waals surface area contributed by atoms with E-state index >= 15 is 0 Å². The number of benzene rings is 1. The van der Waals surface area contributed by atoms with Crippen LogP contribution in [0.25, 0.3) is 0 Å². The molecule has 5 nitrogen and oxygen atoms in total. The number of hydroxylamine groups is 1. The van der Waals surface area contributed by atoms with Gasteiger partial charge in [0.1, 0.15) is 5.82 Å². The molecule has 6 heteroatoms. The summed E-state index contributed by atoms with van der Waals surface area (Å²) in [5.74, 6) is -0.863. The van der Waals surface area contributed by atoms with Gasteiger partial charge in [-0.05, 0) is 30.5 Å². The second kappa shape index (κ2) is 6.99. The number of rotatable bonds is 6. The van der Waals surface area contributed by atoms with Crippen molar-refractivity contribution < 1.29 is 19.2 Å². The fraction of sp³-hybridized carbons (Fsp3) is 0.333. The average Bonchev–Trinajstić information content (AvgIpc) is 2.85. The average molecular weight is 292 g/mol. The zero-order valence-electron chi connectivity index (χ0n) is 11.5. The molecule has 0 saturated carbocycles. The van der Waals surface area contributed by atoms with E-state index in [-0.39, 0.29) is 18.1 Å². The van der Waals surface area contributed by atoms with Crippen molar-refractivity contribution in [2.24, 2.45) is 0 Å². The van der Waals surface area contributed by atoms with E-state index in [1.54, 1.807) is 28.6 Å². The molecule has 2 N–H and O–H groups in total. The first-order chi connectivity index (χ1) is 10.1. The van der Waals surface area contributed by atoms with Crippen LogP contribution in [-0.4, -0.2) is 35.0 Å². The van der Waals surface area contributed by atoms with Crippen molar-refractivity contribution in [2.45, 2.75) is 19.3 Å². The van der Waals surface area contributed by atoms with Gasteiger partial charge in [-0.1, -0.05) is 18.2 Å². The molecule has 1 aromatic carbocycles. The Hall–Kier alpha value is -2.21. The van der Waals surface area contributed by atoms with E-state index in [4.69, 9.17) is 5.21 Å². The molecule has 21 heavy (non-hydrogen) atoms. The van der Waals surface area contributed by atoms with Crippen molar-refractivity contribution in [1.29, 1.82) is 0 Å². The molecule has 0 aromatic heterocycles. The number of hydrogen-bond acceptors (Lipinski definition) is 3. The van der Waals surface area contributed by atoms with Gasteiger partial charge < -0.3 is 4.90 Å². The normalized spacial score (nSPS) is 14.3. The van der Waals surface area contributed by atoms with Crippen LogP contribution in [0.3, 0.4) is 0 Å². The van der Waals surface area contributed by atoms with Gasteiger partial charge in [-0.2, -0.15) is 0 Å². The molecule has 112 valence electrons.